The third-order valence-electron chi connectivity index (χ3n) is 11.0. The van der Waals surface area contributed by atoms with Crippen molar-refractivity contribution in [2.24, 2.45) is 0 Å². The van der Waals surface area contributed by atoms with Crippen LogP contribution in [0.4, 0.5) is 17.1 Å². The molecule has 0 saturated carbocycles. The monoisotopic (exact) mass is 822 g/mol. The summed E-state index contributed by atoms with van der Waals surface area (Å²) in [4.78, 5) is 11.9. The maximum absolute atomic E-state index is 9.95. The zero-order valence-corrected chi connectivity index (χ0v) is 33.3. The molecule has 290 valence electrons. The summed E-state index contributed by atoms with van der Waals surface area (Å²) in [6.45, 7) is 0. The lowest BCUT2D eigenvalue weighted by Gasteiger charge is -2.28. The minimum absolute atomic E-state index is 0.00278. The Hall–Kier alpha value is -7.92. The van der Waals surface area contributed by atoms with Crippen molar-refractivity contribution >= 4 is 81.1 Å². The van der Waals surface area contributed by atoms with Gasteiger partial charge in [0.1, 0.15) is 0 Å². The largest absolute Gasteiger partial charge is 0.310 e. The van der Waals surface area contributed by atoms with Gasteiger partial charge < -0.3 is 4.90 Å². The highest BCUT2D eigenvalue weighted by molar-refractivity contribution is 7.25. The first-order chi connectivity index (χ1) is 37.0. The van der Waals surface area contributed by atoms with E-state index in [4.69, 9.17) is 25.0 Å². The van der Waals surface area contributed by atoms with E-state index in [0.717, 1.165) is 55.4 Å². The molecule has 0 aliphatic carbocycles. The van der Waals surface area contributed by atoms with E-state index >= 15 is 0 Å². The number of rotatable bonds is 7. The van der Waals surface area contributed by atoms with Crippen LogP contribution in [-0.2, 0) is 0 Å². The Bertz CT molecular complexity index is 4500. The summed E-state index contributed by atoms with van der Waals surface area (Å²) in [5, 5.41) is 3.58. The normalized spacial score (nSPS) is 14.9. The molecule has 4 heteroatoms. The zero-order valence-electron chi connectivity index (χ0n) is 47.5. The fourth-order valence-electron chi connectivity index (χ4n) is 8.14. The van der Waals surface area contributed by atoms with Gasteiger partial charge in [0.25, 0.3) is 0 Å². The van der Waals surface area contributed by atoms with Gasteiger partial charge in [-0.3, -0.25) is 0 Å². The van der Waals surface area contributed by atoms with Crippen LogP contribution in [0.5, 0.6) is 0 Å². The van der Waals surface area contributed by atoms with Gasteiger partial charge in [0.05, 0.1) is 48.7 Å². The minimum Gasteiger partial charge on any atom is -0.310 e. The van der Waals surface area contributed by atoms with Crippen LogP contribution in [0.3, 0.4) is 0 Å². The molecule has 62 heavy (non-hydrogen) atoms. The molecule has 12 rings (SSSR count). The number of fused-ring (bicyclic) bond motifs is 8. The number of thiophene rings is 1. The average Bonchev–Trinajstić information content (AvgIpc) is 3.94. The summed E-state index contributed by atoms with van der Waals surface area (Å²) in [5.41, 5.74) is 4.68. The van der Waals surface area contributed by atoms with Crippen LogP contribution in [0.15, 0.2) is 224 Å². The highest BCUT2D eigenvalue weighted by Gasteiger charge is 2.20. The Morgan fingerprint density at radius 3 is 1.95 bits per heavy atom. The first-order valence-electron chi connectivity index (χ1n) is 27.3. The lowest BCUT2D eigenvalue weighted by molar-refractivity contribution is 1.29. The van der Waals surface area contributed by atoms with Crippen molar-refractivity contribution in [3.63, 3.8) is 0 Å². The predicted octanol–water partition coefficient (Wildman–Crippen LogP) is 16.4. The first-order valence-corrected chi connectivity index (χ1v) is 20.6. The first kappa shape index (κ1) is 23.8. The molecule has 0 unspecified atom stereocenters. The van der Waals surface area contributed by atoms with Crippen LogP contribution in [0.2, 0.25) is 0 Å². The third kappa shape index (κ3) is 6.20. The molecule has 3 nitrogen and oxygen atoms in total. The van der Waals surface area contributed by atoms with Gasteiger partial charge in [0.15, 0.2) is 0 Å². The Morgan fingerprint density at radius 1 is 0.435 bits per heavy atom. The van der Waals surface area contributed by atoms with Crippen molar-refractivity contribution in [1.29, 1.82) is 0 Å². The molecule has 0 spiro atoms. The van der Waals surface area contributed by atoms with Gasteiger partial charge in [-0.25, -0.2) is 9.97 Å². The fourth-order valence-corrected chi connectivity index (χ4v) is 9.08. The van der Waals surface area contributed by atoms with Gasteiger partial charge in [0.2, 0.25) is 0 Å². The smallest absolute Gasteiger partial charge is 0.0979 e. The van der Waals surface area contributed by atoms with Crippen LogP contribution < -0.4 is 4.90 Å². The van der Waals surface area contributed by atoms with Crippen LogP contribution in [0.25, 0.3) is 97.5 Å². The molecule has 0 aliphatic rings. The predicted molar refractivity (Wildman–Crippen MR) is 264 cm³/mol. The van der Waals surface area contributed by atoms with E-state index in [9.17, 15) is 5.48 Å². The number of aromatic nitrogens is 2. The topological polar surface area (TPSA) is 29.0 Å². The molecule has 2 heterocycles. The van der Waals surface area contributed by atoms with Crippen LogP contribution in [0.1, 0.15) is 20.6 Å². The molecule has 0 radical (unpaired) electrons. The summed E-state index contributed by atoms with van der Waals surface area (Å²) in [6.07, 6.45) is 0. The Balaban J connectivity index is 1.11. The Labute approximate surface area is 384 Å². The van der Waals surface area contributed by atoms with Crippen molar-refractivity contribution in [3.8, 4) is 44.8 Å². The van der Waals surface area contributed by atoms with Crippen molar-refractivity contribution in [2.45, 2.75) is 0 Å². The number of para-hydroxylation sites is 1. The van der Waals surface area contributed by atoms with Gasteiger partial charge in [-0.05, 0) is 87.4 Å². The van der Waals surface area contributed by atoms with Gasteiger partial charge in [0, 0.05) is 53.6 Å². The molecule has 2 aromatic heterocycles. The van der Waals surface area contributed by atoms with E-state index in [0.29, 0.717) is 22.2 Å². The van der Waals surface area contributed by atoms with Gasteiger partial charge in [-0.15, -0.1) is 11.3 Å². The summed E-state index contributed by atoms with van der Waals surface area (Å²) >= 11 is 0.922. The minimum atomic E-state index is -0.757. The second-order valence-corrected chi connectivity index (χ2v) is 15.6. The number of anilines is 3. The number of hydrogen-bond donors (Lipinski definition) is 0. The molecule has 0 atom stereocenters. The van der Waals surface area contributed by atoms with E-state index in [1.807, 2.05) is 109 Å². The maximum atomic E-state index is 9.95. The quantitative estimate of drug-likeness (QED) is 0.150. The summed E-state index contributed by atoms with van der Waals surface area (Å²) in [5.74, 6) is 0. The van der Waals surface area contributed by atoms with Crippen LogP contribution in [0, 0.1) is 0 Å². The molecule has 10 aromatic carbocycles. The van der Waals surface area contributed by atoms with E-state index in [-0.39, 0.29) is 49.7 Å². The molecule has 0 bridgehead atoms. The van der Waals surface area contributed by atoms with Crippen molar-refractivity contribution in [1.82, 2.24) is 9.97 Å². The van der Waals surface area contributed by atoms with Crippen LogP contribution >= 0.6 is 11.3 Å². The Kier molecular flexibility index (Phi) is 5.74. The average molecular weight is 823 g/mol. The van der Waals surface area contributed by atoms with Gasteiger partial charge in [-0.2, -0.15) is 0 Å². The van der Waals surface area contributed by atoms with Crippen LogP contribution in [-0.4, -0.2) is 9.97 Å². The number of hydrogen-bond acceptors (Lipinski definition) is 4. The molecule has 0 fully saturated rings. The summed E-state index contributed by atoms with van der Waals surface area (Å²) in [6, 6.07) is 33.0. The highest BCUT2D eigenvalue weighted by atomic mass is 32.1. The molecule has 0 amide bonds. The zero-order chi connectivity index (χ0) is 54.0. The lowest BCUT2D eigenvalue weighted by atomic mass is 9.95. The molecular weight excluding hydrogens is 771 g/mol. The van der Waals surface area contributed by atoms with E-state index in [2.05, 4.69) is 0 Å². The fraction of sp³-hybridized carbons (Fsp3) is 0. The molecule has 12 aromatic rings. The highest BCUT2D eigenvalue weighted by Crippen LogP contribution is 2.45. The maximum Gasteiger partial charge on any atom is 0.0979 e. The SMILES string of the molecule is [2H]c1c([2H])c([2H])c(-c2c([2H])c([2H])c([2H])c([2H])c2N(c2cccc(-c3ccc4c(ccc5ccc6nc(-c7ccccc7)c(-c7ccccc7)nc6c54)c3)c2)c2cc([2H])c3sc4c([2H])c([2H])c([2H])c([2H])c4c3c2[2H])c([2H])c1[2H]. The third-order valence-corrected chi connectivity index (χ3v) is 12.0. The second-order valence-electron chi connectivity index (χ2n) is 14.6. The van der Waals surface area contributed by atoms with E-state index in [1.165, 1.54) is 11.0 Å². The molecular formula is C58H37N3S. The molecule has 0 saturated heterocycles. The Morgan fingerprint density at radius 2 is 1.11 bits per heavy atom. The summed E-state index contributed by atoms with van der Waals surface area (Å²) < 4.78 is 135. The van der Waals surface area contributed by atoms with Crippen molar-refractivity contribution in [2.75, 3.05) is 4.90 Å². The molecule has 0 aliphatic heterocycles. The number of nitrogens with zero attached hydrogens (tertiary/aromatic N) is 3. The van der Waals surface area contributed by atoms with Crippen molar-refractivity contribution < 1.29 is 20.6 Å². The number of benzene rings is 10. The van der Waals surface area contributed by atoms with Crippen molar-refractivity contribution in [3.05, 3.63) is 224 Å². The summed E-state index contributed by atoms with van der Waals surface area (Å²) in [7, 11) is 0. The standard InChI is InChI=1S/C58H37N3S/c1-4-15-38(16-5-1)47-23-10-12-25-52(47)61(46-31-34-54-50(37-46)49-24-11-13-26-53(49)62-54)45-22-14-21-42(36-45)43-29-32-48-44(35-43)28-27-39-30-33-51-58(55(39)48)60-57(41-19-8-3-9-20-41)56(59-51)40-17-6-2-7-18-40/h1-37H/i1D,4D,5D,10D,11D,12D,13D,15D,16D,23D,24D,25D,26D,34D,37D. The van der Waals surface area contributed by atoms with Gasteiger partial charge in [-0.1, -0.05) is 170 Å². The lowest BCUT2D eigenvalue weighted by Crippen LogP contribution is -2.11. The molecule has 0 N–H and O–H groups in total. The van der Waals surface area contributed by atoms with E-state index < -0.39 is 89.3 Å². The second kappa shape index (κ2) is 15.0. The van der Waals surface area contributed by atoms with E-state index in [1.54, 1.807) is 18.2 Å². The van der Waals surface area contributed by atoms with Gasteiger partial charge >= 0.3 is 0 Å².